The summed E-state index contributed by atoms with van der Waals surface area (Å²) in [6, 6.07) is 6.97. The second kappa shape index (κ2) is 7.17. The summed E-state index contributed by atoms with van der Waals surface area (Å²) in [5.41, 5.74) is 6.56. The van der Waals surface area contributed by atoms with Gasteiger partial charge in [0.1, 0.15) is 0 Å². The molecule has 6 heteroatoms. The quantitative estimate of drug-likeness (QED) is 0.788. The molecule has 0 amide bonds. The van der Waals surface area contributed by atoms with Crippen LogP contribution in [0, 0.1) is 0 Å². The highest BCUT2D eigenvalue weighted by atomic mass is 32.2. The van der Waals surface area contributed by atoms with Gasteiger partial charge in [-0.2, -0.15) is 0 Å². The molecule has 0 spiro atoms. The third-order valence-electron chi connectivity index (χ3n) is 3.43. The van der Waals surface area contributed by atoms with Gasteiger partial charge in [0.2, 0.25) is 10.0 Å². The Morgan fingerprint density at radius 2 is 2.05 bits per heavy atom. The van der Waals surface area contributed by atoms with E-state index in [4.69, 9.17) is 10.5 Å². The fraction of sp³-hybridized carbons (Fsp3) is 0.571. The Morgan fingerprint density at radius 3 is 2.65 bits per heavy atom. The van der Waals surface area contributed by atoms with Crippen LogP contribution in [0.2, 0.25) is 0 Å². The molecule has 2 rings (SSSR count). The van der Waals surface area contributed by atoms with Crippen molar-refractivity contribution >= 4 is 10.0 Å². The topological polar surface area (TPSA) is 81.4 Å². The summed E-state index contributed by atoms with van der Waals surface area (Å²) in [7, 11) is -3.44. The summed E-state index contributed by atoms with van der Waals surface area (Å²) < 4.78 is 32.3. The van der Waals surface area contributed by atoms with Gasteiger partial charge in [-0.3, -0.25) is 0 Å². The highest BCUT2D eigenvalue weighted by molar-refractivity contribution is 7.89. The highest BCUT2D eigenvalue weighted by Crippen LogP contribution is 2.14. The molecule has 3 N–H and O–H groups in total. The minimum Gasteiger partial charge on any atom is -0.377 e. The largest absolute Gasteiger partial charge is 0.377 e. The van der Waals surface area contributed by atoms with Gasteiger partial charge < -0.3 is 10.5 Å². The number of nitrogens with two attached hydrogens (primary N) is 1. The number of hydrogen-bond acceptors (Lipinski definition) is 4. The first-order valence-corrected chi connectivity index (χ1v) is 8.50. The number of benzene rings is 1. The monoisotopic (exact) mass is 298 g/mol. The molecule has 1 atom stereocenters. The average Bonchev–Trinajstić information content (AvgIpc) is 2.97. The maximum absolute atomic E-state index is 12.1. The summed E-state index contributed by atoms with van der Waals surface area (Å²) >= 11 is 0. The predicted octanol–water partition coefficient (Wildman–Crippen LogP) is 1.04. The van der Waals surface area contributed by atoms with Crippen LogP contribution >= 0.6 is 0 Å². The van der Waals surface area contributed by atoms with Crippen molar-refractivity contribution in [3.8, 4) is 0 Å². The number of hydrogen-bond donors (Lipinski definition) is 2. The molecule has 0 bridgehead atoms. The van der Waals surface area contributed by atoms with Crippen molar-refractivity contribution < 1.29 is 13.2 Å². The van der Waals surface area contributed by atoms with Gasteiger partial charge in [-0.15, -0.1) is 0 Å². The van der Waals surface area contributed by atoms with Gasteiger partial charge >= 0.3 is 0 Å². The van der Waals surface area contributed by atoms with E-state index < -0.39 is 10.0 Å². The Balaban J connectivity index is 1.94. The lowest BCUT2D eigenvalue weighted by Crippen LogP contribution is -2.31. The van der Waals surface area contributed by atoms with E-state index in [1.807, 2.05) is 12.1 Å². The lowest BCUT2D eigenvalue weighted by Gasteiger charge is -2.11. The van der Waals surface area contributed by atoms with Gasteiger partial charge in [-0.1, -0.05) is 12.1 Å². The van der Waals surface area contributed by atoms with Crippen LogP contribution in [-0.4, -0.2) is 34.2 Å². The van der Waals surface area contributed by atoms with Crippen molar-refractivity contribution in [1.29, 1.82) is 0 Å². The Labute approximate surface area is 120 Å². The molecule has 0 radical (unpaired) electrons. The molecule has 0 aliphatic carbocycles. The zero-order valence-electron chi connectivity index (χ0n) is 11.5. The molecule has 1 fully saturated rings. The molecule has 112 valence electrons. The first kappa shape index (κ1) is 15.4. The van der Waals surface area contributed by atoms with Gasteiger partial charge in [0.15, 0.2) is 0 Å². The molecular weight excluding hydrogens is 276 g/mol. The molecule has 1 aromatic rings. The summed E-state index contributed by atoms with van der Waals surface area (Å²) in [4.78, 5) is 0.298. The van der Waals surface area contributed by atoms with Crippen molar-refractivity contribution in [1.82, 2.24) is 4.72 Å². The second-order valence-electron chi connectivity index (χ2n) is 5.02. The molecule has 20 heavy (non-hydrogen) atoms. The molecule has 1 saturated heterocycles. The smallest absolute Gasteiger partial charge is 0.240 e. The van der Waals surface area contributed by atoms with E-state index in [0.29, 0.717) is 18.0 Å². The van der Waals surface area contributed by atoms with Gasteiger partial charge in [0.05, 0.1) is 11.0 Å². The fourth-order valence-electron chi connectivity index (χ4n) is 2.23. The number of aryl methyl sites for hydroxylation is 1. The van der Waals surface area contributed by atoms with E-state index in [2.05, 4.69) is 4.72 Å². The third kappa shape index (κ3) is 4.28. The maximum Gasteiger partial charge on any atom is 0.240 e. The zero-order chi connectivity index (χ0) is 14.4. The van der Waals surface area contributed by atoms with Gasteiger partial charge in [-0.25, -0.2) is 13.1 Å². The van der Waals surface area contributed by atoms with Crippen molar-refractivity contribution in [2.45, 2.75) is 36.7 Å². The van der Waals surface area contributed by atoms with Crippen LogP contribution in [0.1, 0.15) is 24.8 Å². The van der Waals surface area contributed by atoms with E-state index in [0.717, 1.165) is 37.9 Å². The van der Waals surface area contributed by atoms with E-state index >= 15 is 0 Å². The molecular formula is C14H22N2O3S. The number of ether oxygens (including phenoxy) is 1. The Bertz CT molecular complexity index is 508. The summed E-state index contributed by atoms with van der Waals surface area (Å²) in [6.45, 7) is 1.71. The Kier molecular flexibility index (Phi) is 5.54. The van der Waals surface area contributed by atoms with Crippen molar-refractivity contribution in [2.75, 3.05) is 19.7 Å². The van der Waals surface area contributed by atoms with Crippen LogP contribution in [0.4, 0.5) is 0 Å². The molecule has 1 aliphatic heterocycles. The molecule has 1 aliphatic rings. The van der Waals surface area contributed by atoms with Crippen LogP contribution in [0.5, 0.6) is 0 Å². The maximum atomic E-state index is 12.1. The lowest BCUT2D eigenvalue weighted by molar-refractivity contribution is 0.114. The standard InChI is InChI=1S/C14H22N2O3S/c15-9-1-3-12-5-7-14(8-6-12)20(17,18)16-11-13-4-2-10-19-13/h5-8,13,16H,1-4,9-11,15H2. The van der Waals surface area contributed by atoms with E-state index in [9.17, 15) is 8.42 Å². The Morgan fingerprint density at radius 1 is 1.30 bits per heavy atom. The molecule has 1 heterocycles. The second-order valence-corrected chi connectivity index (χ2v) is 6.79. The minimum atomic E-state index is -3.44. The van der Waals surface area contributed by atoms with E-state index in [1.54, 1.807) is 12.1 Å². The molecule has 0 saturated carbocycles. The average molecular weight is 298 g/mol. The Hall–Kier alpha value is -0.950. The first-order chi connectivity index (χ1) is 9.62. The van der Waals surface area contributed by atoms with Crippen LogP contribution in [0.25, 0.3) is 0 Å². The number of nitrogens with one attached hydrogen (secondary N) is 1. The zero-order valence-corrected chi connectivity index (χ0v) is 12.4. The molecule has 1 aromatic carbocycles. The molecule has 1 unspecified atom stereocenters. The summed E-state index contributed by atoms with van der Waals surface area (Å²) in [5.74, 6) is 0. The fourth-order valence-corrected chi connectivity index (χ4v) is 3.30. The van der Waals surface area contributed by atoms with Gasteiger partial charge in [-0.05, 0) is 49.9 Å². The lowest BCUT2D eigenvalue weighted by atomic mass is 10.1. The van der Waals surface area contributed by atoms with E-state index in [1.165, 1.54) is 0 Å². The van der Waals surface area contributed by atoms with Crippen molar-refractivity contribution in [3.63, 3.8) is 0 Å². The van der Waals surface area contributed by atoms with Gasteiger partial charge in [0, 0.05) is 13.2 Å². The number of rotatable bonds is 7. The molecule has 0 aromatic heterocycles. The SMILES string of the molecule is NCCCc1ccc(S(=O)(=O)NCC2CCCO2)cc1. The summed E-state index contributed by atoms with van der Waals surface area (Å²) in [5, 5.41) is 0. The highest BCUT2D eigenvalue weighted by Gasteiger charge is 2.20. The van der Waals surface area contributed by atoms with Crippen LogP contribution in [-0.2, 0) is 21.2 Å². The van der Waals surface area contributed by atoms with Crippen molar-refractivity contribution in [3.05, 3.63) is 29.8 Å². The van der Waals surface area contributed by atoms with Gasteiger partial charge in [0.25, 0.3) is 0 Å². The number of sulfonamides is 1. The van der Waals surface area contributed by atoms with Crippen LogP contribution < -0.4 is 10.5 Å². The predicted molar refractivity (Wildman–Crippen MR) is 78.0 cm³/mol. The first-order valence-electron chi connectivity index (χ1n) is 7.02. The summed E-state index contributed by atoms with van der Waals surface area (Å²) in [6.07, 6.45) is 3.71. The van der Waals surface area contributed by atoms with E-state index in [-0.39, 0.29) is 6.10 Å². The normalized spacial score (nSPS) is 19.4. The third-order valence-corrected chi connectivity index (χ3v) is 4.87. The van der Waals surface area contributed by atoms with Crippen LogP contribution in [0.15, 0.2) is 29.2 Å². The van der Waals surface area contributed by atoms with Crippen LogP contribution in [0.3, 0.4) is 0 Å². The molecule has 5 nitrogen and oxygen atoms in total. The minimum absolute atomic E-state index is 0.00797. The van der Waals surface area contributed by atoms with Crippen molar-refractivity contribution in [2.24, 2.45) is 5.73 Å².